The number of hydrogen-bond acceptors (Lipinski definition) is 3. The van der Waals surface area contributed by atoms with E-state index in [2.05, 4.69) is 10.3 Å². The summed E-state index contributed by atoms with van der Waals surface area (Å²) in [6.45, 7) is 2.46. The van der Waals surface area contributed by atoms with Crippen LogP contribution in [0.5, 0.6) is 0 Å². The van der Waals surface area contributed by atoms with E-state index in [-0.39, 0.29) is 18.2 Å². The lowest BCUT2D eigenvalue weighted by Gasteiger charge is -2.24. The fourth-order valence-corrected chi connectivity index (χ4v) is 3.49. The van der Waals surface area contributed by atoms with Crippen LogP contribution in [0.1, 0.15) is 39.6 Å². The van der Waals surface area contributed by atoms with Crippen LogP contribution < -0.4 is 10.2 Å². The Balaban J connectivity index is 1.57. The van der Waals surface area contributed by atoms with E-state index in [0.29, 0.717) is 17.8 Å². The topological polar surface area (TPSA) is 62.3 Å². The van der Waals surface area contributed by atoms with Gasteiger partial charge < -0.3 is 5.32 Å². The fourth-order valence-electron chi connectivity index (χ4n) is 3.49. The Morgan fingerprint density at radius 2 is 1.79 bits per heavy atom. The van der Waals surface area contributed by atoms with E-state index in [4.69, 9.17) is 0 Å². The average molecular weight is 371 g/mol. The number of pyridine rings is 1. The van der Waals surface area contributed by atoms with Gasteiger partial charge in [-0.05, 0) is 36.8 Å². The molecule has 1 N–H and O–H groups in total. The molecule has 0 unspecified atom stereocenters. The van der Waals surface area contributed by atoms with E-state index < -0.39 is 6.04 Å². The summed E-state index contributed by atoms with van der Waals surface area (Å²) >= 11 is 0. The minimum atomic E-state index is -0.415. The first-order chi connectivity index (χ1) is 13.6. The molecule has 5 nitrogen and oxygen atoms in total. The molecule has 1 aliphatic rings. The van der Waals surface area contributed by atoms with Crippen molar-refractivity contribution in [2.24, 2.45) is 0 Å². The first-order valence-corrected chi connectivity index (χ1v) is 9.29. The number of carbonyl (C=O) groups is 2. The van der Waals surface area contributed by atoms with E-state index in [1.807, 2.05) is 61.5 Å². The number of nitrogens with zero attached hydrogens (tertiary/aromatic N) is 2. The molecule has 3 aromatic rings. The lowest BCUT2D eigenvalue weighted by atomic mass is 10.1. The highest BCUT2D eigenvalue weighted by atomic mass is 16.2. The minimum Gasteiger partial charge on any atom is -0.352 e. The summed E-state index contributed by atoms with van der Waals surface area (Å²) < 4.78 is 0. The van der Waals surface area contributed by atoms with Gasteiger partial charge in [0.25, 0.3) is 5.91 Å². The number of carbonyl (C=O) groups excluding carboxylic acids is 2. The Kier molecular flexibility index (Phi) is 4.89. The Labute approximate surface area is 164 Å². The van der Waals surface area contributed by atoms with Crippen LogP contribution in [0, 0.1) is 6.92 Å². The maximum atomic E-state index is 13.0. The van der Waals surface area contributed by atoms with E-state index in [1.54, 1.807) is 23.2 Å². The first kappa shape index (κ1) is 17.9. The number of amides is 2. The SMILES string of the molecule is Cc1ccc(N2C(=O)c3cccnc3[C@@H]2CC(=O)NCc2ccccc2)cc1. The van der Waals surface area contributed by atoms with Gasteiger partial charge in [0.1, 0.15) is 0 Å². The Morgan fingerprint density at radius 3 is 2.54 bits per heavy atom. The zero-order chi connectivity index (χ0) is 19.5. The van der Waals surface area contributed by atoms with Crippen molar-refractivity contribution in [2.45, 2.75) is 25.9 Å². The molecule has 2 heterocycles. The monoisotopic (exact) mass is 371 g/mol. The van der Waals surface area contributed by atoms with Crippen molar-refractivity contribution in [3.63, 3.8) is 0 Å². The maximum absolute atomic E-state index is 13.0. The van der Waals surface area contributed by atoms with Crippen LogP contribution in [-0.4, -0.2) is 16.8 Å². The van der Waals surface area contributed by atoms with Gasteiger partial charge in [0.05, 0.1) is 23.7 Å². The molecule has 28 heavy (non-hydrogen) atoms. The smallest absolute Gasteiger partial charge is 0.260 e. The Hall–Kier alpha value is -3.47. The molecule has 0 saturated heterocycles. The van der Waals surface area contributed by atoms with Gasteiger partial charge in [-0.15, -0.1) is 0 Å². The van der Waals surface area contributed by atoms with E-state index in [9.17, 15) is 9.59 Å². The van der Waals surface area contributed by atoms with Crippen LogP contribution in [-0.2, 0) is 11.3 Å². The largest absolute Gasteiger partial charge is 0.352 e. The lowest BCUT2D eigenvalue weighted by molar-refractivity contribution is -0.121. The number of hydrogen-bond donors (Lipinski definition) is 1. The highest BCUT2D eigenvalue weighted by Crippen LogP contribution is 2.38. The number of benzene rings is 2. The lowest BCUT2D eigenvalue weighted by Crippen LogP contribution is -2.32. The predicted octanol–water partition coefficient (Wildman–Crippen LogP) is 3.80. The van der Waals surface area contributed by atoms with Crippen molar-refractivity contribution in [2.75, 3.05) is 4.90 Å². The second-order valence-corrected chi connectivity index (χ2v) is 6.93. The van der Waals surface area contributed by atoms with E-state index in [1.165, 1.54) is 0 Å². The molecule has 4 rings (SSSR count). The van der Waals surface area contributed by atoms with Crippen molar-refractivity contribution in [1.29, 1.82) is 0 Å². The summed E-state index contributed by atoms with van der Waals surface area (Å²) in [6, 6.07) is 20.6. The number of rotatable bonds is 5. The third-order valence-corrected chi connectivity index (χ3v) is 4.94. The normalized spacial score (nSPS) is 15.4. The number of aromatic nitrogens is 1. The minimum absolute atomic E-state index is 0.114. The van der Waals surface area contributed by atoms with Gasteiger partial charge in [0.2, 0.25) is 5.91 Å². The van der Waals surface area contributed by atoms with Crippen LogP contribution in [0.2, 0.25) is 0 Å². The summed E-state index contributed by atoms with van der Waals surface area (Å²) in [6.07, 6.45) is 1.83. The molecule has 1 atom stereocenters. The standard InChI is InChI=1S/C23H21N3O2/c1-16-9-11-18(12-10-16)26-20(22-19(23(26)28)8-5-13-24-22)14-21(27)25-15-17-6-3-2-4-7-17/h2-13,20H,14-15H2,1H3,(H,25,27)/t20-/m0/s1. The molecule has 0 bridgehead atoms. The number of aryl methyl sites for hydroxylation is 1. The molecule has 1 aliphatic heterocycles. The van der Waals surface area contributed by atoms with Gasteiger partial charge >= 0.3 is 0 Å². The number of nitrogens with one attached hydrogen (secondary N) is 1. The molecule has 0 aliphatic carbocycles. The van der Waals surface area contributed by atoms with Gasteiger partial charge in [-0.25, -0.2) is 0 Å². The third-order valence-electron chi connectivity index (χ3n) is 4.94. The number of fused-ring (bicyclic) bond motifs is 1. The molecular weight excluding hydrogens is 350 g/mol. The summed E-state index contributed by atoms with van der Waals surface area (Å²) in [7, 11) is 0. The molecular formula is C23H21N3O2. The molecule has 0 fully saturated rings. The van der Waals surface area contributed by atoms with Gasteiger partial charge in [0, 0.05) is 18.4 Å². The van der Waals surface area contributed by atoms with Crippen LogP contribution >= 0.6 is 0 Å². The molecule has 0 saturated carbocycles. The van der Waals surface area contributed by atoms with E-state index in [0.717, 1.165) is 16.8 Å². The van der Waals surface area contributed by atoms with Crippen molar-refractivity contribution in [3.05, 3.63) is 95.3 Å². The Morgan fingerprint density at radius 1 is 1.04 bits per heavy atom. The first-order valence-electron chi connectivity index (χ1n) is 9.29. The van der Waals surface area contributed by atoms with Crippen LogP contribution in [0.3, 0.4) is 0 Å². The molecule has 0 radical (unpaired) electrons. The summed E-state index contributed by atoms with van der Waals surface area (Å²) in [4.78, 5) is 31.7. The predicted molar refractivity (Wildman–Crippen MR) is 108 cm³/mol. The van der Waals surface area contributed by atoms with E-state index >= 15 is 0 Å². The maximum Gasteiger partial charge on any atom is 0.260 e. The van der Waals surface area contributed by atoms with Crippen LogP contribution in [0.4, 0.5) is 5.69 Å². The van der Waals surface area contributed by atoms with Gasteiger partial charge in [-0.1, -0.05) is 48.0 Å². The number of anilines is 1. The van der Waals surface area contributed by atoms with Gasteiger partial charge in [-0.3, -0.25) is 19.5 Å². The second-order valence-electron chi connectivity index (χ2n) is 6.93. The molecule has 0 spiro atoms. The fraction of sp³-hybridized carbons (Fsp3) is 0.174. The zero-order valence-corrected chi connectivity index (χ0v) is 15.6. The molecule has 140 valence electrons. The van der Waals surface area contributed by atoms with Gasteiger partial charge in [0.15, 0.2) is 0 Å². The third kappa shape index (κ3) is 3.51. The Bertz CT molecular complexity index is 1000. The zero-order valence-electron chi connectivity index (χ0n) is 15.6. The average Bonchev–Trinajstić information content (AvgIpc) is 3.00. The summed E-state index contributed by atoms with van der Waals surface area (Å²) in [5.41, 5.74) is 4.14. The van der Waals surface area contributed by atoms with Crippen molar-refractivity contribution < 1.29 is 9.59 Å². The molecule has 1 aromatic heterocycles. The van der Waals surface area contributed by atoms with Gasteiger partial charge in [-0.2, -0.15) is 0 Å². The highest BCUT2D eigenvalue weighted by Gasteiger charge is 2.39. The molecule has 2 amide bonds. The molecule has 5 heteroatoms. The second kappa shape index (κ2) is 7.64. The van der Waals surface area contributed by atoms with Crippen molar-refractivity contribution in [1.82, 2.24) is 10.3 Å². The van der Waals surface area contributed by atoms with Crippen LogP contribution in [0.25, 0.3) is 0 Å². The summed E-state index contributed by atoms with van der Waals surface area (Å²) in [5.74, 6) is -0.231. The van der Waals surface area contributed by atoms with Crippen molar-refractivity contribution in [3.8, 4) is 0 Å². The quantitative estimate of drug-likeness (QED) is 0.742. The highest BCUT2D eigenvalue weighted by molar-refractivity contribution is 6.11. The van der Waals surface area contributed by atoms with Crippen LogP contribution in [0.15, 0.2) is 72.9 Å². The summed E-state index contributed by atoms with van der Waals surface area (Å²) in [5, 5.41) is 2.95. The molecule has 2 aromatic carbocycles. The van der Waals surface area contributed by atoms with Crippen molar-refractivity contribution >= 4 is 17.5 Å².